The molecule has 0 saturated carbocycles. The summed E-state index contributed by atoms with van der Waals surface area (Å²) in [6.45, 7) is 3.78. The lowest BCUT2D eigenvalue weighted by Crippen LogP contribution is -2.63. The molecule has 2 aliphatic heterocycles. The summed E-state index contributed by atoms with van der Waals surface area (Å²) in [6, 6.07) is 5.33. The average Bonchev–Trinajstić information content (AvgIpc) is 2.43. The van der Waals surface area contributed by atoms with Gasteiger partial charge in [0, 0.05) is 0 Å². The quantitative estimate of drug-likeness (QED) is 0.908. The molecule has 1 aromatic carbocycles. The van der Waals surface area contributed by atoms with Crippen LogP contribution in [0.1, 0.15) is 30.1 Å². The maximum Gasteiger partial charge on any atom is 0.257 e. The Labute approximate surface area is 118 Å². The smallest absolute Gasteiger partial charge is 0.257 e. The number of benzene rings is 1. The lowest BCUT2D eigenvalue weighted by Gasteiger charge is -2.46. The van der Waals surface area contributed by atoms with Crippen LogP contribution in [0.5, 0.6) is 11.5 Å². The zero-order chi connectivity index (χ0) is 14.2. The molecule has 5 heteroatoms. The molecular formula is C15H19NO4. The Morgan fingerprint density at radius 2 is 2.10 bits per heavy atom. The van der Waals surface area contributed by atoms with E-state index < -0.39 is 5.60 Å². The van der Waals surface area contributed by atoms with Gasteiger partial charge in [0.25, 0.3) is 5.91 Å². The number of fused-ring (bicyclic) bond motifs is 1. The van der Waals surface area contributed by atoms with Gasteiger partial charge in [-0.3, -0.25) is 4.79 Å². The molecule has 3 rings (SSSR count). The molecule has 0 aliphatic carbocycles. The molecule has 108 valence electrons. The molecule has 0 radical (unpaired) electrons. The van der Waals surface area contributed by atoms with Crippen LogP contribution in [-0.4, -0.2) is 47.8 Å². The first-order valence-corrected chi connectivity index (χ1v) is 7.03. The summed E-state index contributed by atoms with van der Waals surface area (Å²) in [5.41, 5.74) is -0.197. The minimum absolute atomic E-state index is 0.104. The van der Waals surface area contributed by atoms with Crippen LogP contribution in [0.4, 0.5) is 0 Å². The van der Waals surface area contributed by atoms with Gasteiger partial charge in [-0.2, -0.15) is 0 Å². The molecule has 0 bridgehead atoms. The van der Waals surface area contributed by atoms with E-state index in [1.807, 2.05) is 6.92 Å². The predicted octanol–water partition coefficient (Wildman–Crippen LogP) is 1.44. The van der Waals surface area contributed by atoms with Crippen molar-refractivity contribution in [2.45, 2.75) is 25.4 Å². The Morgan fingerprint density at radius 3 is 2.85 bits per heavy atom. The molecule has 1 N–H and O–H groups in total. The number of nitrogens with zero attached hydrogens (tertiary/aromatic N) is 1. The number of ether oxygens (including phenoxy) is 2. The molecule has 2 aliphatic rings. The maximum atomic E-state index is 12.5. The molecular weight excluding hydrogens is 258 g/mol. The van der Waals surface area contributed by atoms with Crippen molar-refractivity contribution in [3.05, 3.63) is 23.8 Å². The van der Waals surface area contributed by atoms with E-state index in [1.165, 1.54) is 0 Å². The molecule has 20 heavy (non-hydrogen) atoms. The largest absolute Gasteiger partial charge is 0.486 e. The number of carbonyl (C=O) groups is 1. The summed E-state index contributed by atoms with van der Waals surface area (Å²) in [5, 5.41) is 10.2. The maximum absolute atomic E-state index is 12.5. The summed E-state index contributed by atoms with van der Waals surface area (Å²) >= 11 is 0. The first-order chi connectivity index (χ1) is 9.63. The molecule has 1 amide bonds. The van der Waals surface area contributed by atoms with E-state index >= 15 is 0 Å². The highest BCUT2D eigenvalue weighted by atomic mass is 16.6. The molecule has 0 unspecified atom stereocenters. The SMILES string of the molecule is CCCC1(O)CN(C(=O)c2cccc3c2OCCO3)C1. The summed E-state index contributed by atoms with van der Waals surface area (Å²) in [6.07, 6.45) is 1.64. The third-order valence-electron chi connectivity index (χ3n) is 3.77. The topological polar surface area (TPSA) is 59.0 Å². The van der Waals surface area contributed by atoms with Crippen molar-refractivity contribution in [1.82, 2.24) is 4.90 Å². The van der Waals surface area contributed by atoms with Gasteiger partial charge in [-0.15, -0.1) is 0 Å². The second kappa shape index (κ2) is 4.98. The van der Waals surface area contributed by atoms with Gasteiger partial charge in [0.15, 0.2) is 11.5 Å². The minimum Gasteiger partial charge on any atom is -0.486 e. The van der Waals surface area contributed by atoms with Crippen LogP contribution in [0.2, 0.25) is 0 Å². The first-order valence-electron chi connectivity index (χ1n) is 7.03. The molecule has 5 nitrogen and oxygen atoms in total. The molecule has 0 aromatic heterocycles. The number of para-hydroxylation sites is 1. The number of β-amino-alcohol motifs (C(OH)–C–C–N with tert-alkyl or cyclic N) is 1. The fourth-order valence-corrected chi connectivity index (χ4v) is 2.84. The van der Waals surface area contributed by atoms with Gasteiger partial charge in [0.1, 0.15) is 13.2 Å². The second-order valence-corrected chi connectivity index (χ2v) is 5.47. The van der Waals surface area contributed by atoms with Crippen molar-refractivity contribution in [2.75, 3.05) is 26.3 Å². The molecule has 0 spiro atoms. The summed E-state index contributed by atoms with van der Waals surface area (Å²) in [4.78, 5) is 14.1. The van der Waals surface area contributed by atoms with E-state index in [0.717, 1.165) is 12.8 Å². The second-order valence-electron chi connectivity index (χ2n) is 5.47. The lowest BCUT2D eigenvalue weighted by atomic mass is 9.88. The van der Waals surface area contributed by atoms with Crippen LogP contribution >= 0.6 is 0 Å². The number of amides is 1. The van der Waals surface area contributed by atoms with Crippen LogP contribution in [-0.2, 0) is 0 Å². The van der Waals surface area contributed by atoms with Gasteiger partial charge >= 0.3 is 0 Å². The van der Waals surface area contributed by atoms with E-state index in [1.54, 1.807) is 23.1 Å². The number of likely N-dealkylation sites (tertiary alicyclic amines) is 1. The fourth-order valence-electron chi connectivity index (χ4n) is 2.84. The van der Waals surface area contributed by atoms with Crippen molar-refractivity contribution >= 4 is 5.91 Å². The Bertz CT molecular complexity index is 523. The molecule has 2 heterocycles. The van der Waals surface area contributed by atoms with E-state index in [2.05, 4.69) is 0 Å². The lowest BCUT2D eigenvalue weighted by molar-refractivity contribution is -0.0861. The van der Waals surface area contributed by atoms with Crippen molar-refractivity contribution in [1.29, 1.82) is 0 Å². The normalized spacial score (nSPS) is 19.4. The van der Waals surface area contributed by atoms with Gasteiger partial charge in [-0.25, -0.2) is 0 Å². The van der Waals surface area contributed by atoms with E-state index in [4.69, 9.17) is 9.47 Å². The zero-order valence-corrected chi connectivity index (χ0v) is 11.6. The summed E-state index contributed by atoms with van der Waals surface area (Å²) < 4.78 is 11.0. The number of hydrogen-bond acceptors (Lipinski definition) is 4. The highest BCUT2D eigenvalue weighted by Crippen LogP contribution is 2.36. The van der Waals surface area contributed by atoms with Crippen molar-refractivity contribution < 1.29 is 19.4 Å². The van der Waals surface area contributed by atoms with E-state index in [-0.39, 0.29) is 5.91 Å². The molecule has 1 saturated heterocycles. The van der Waals surface area contributed by atoms with Crippen LogP contribution in [0, 0.1) is 0 Å². The van der Waals surface area contributed by atoms with Crippen molar-refractivity contribution in [3.63, 3.8) is 0 Å². The Hall–Kier alpha value is -1.75. The number of carbonyl (C=O) groups excluding carboxylic acids is 1. The Kier molecular flexibility index (Phi) is 3.30. The summed E-state index contributed by atoms with van der Waals surface area (Å²) in [5.74, 6) is 1.04. The minimum atomic E-state index is -0.712. The monoisotopic (exact) mass is 277 g/mol. The highest BCUT2D eigenvalue weighted by molar-refractivity contribution is 5.98. The first kappa shape index (κ1) is 13.2. The van der Waals surface area contributed by atoms with Crippen molar-refractivity contribution in [3.8, 4) is 11.5 Å². The molecule has 1 aromatic rings. The fraction of sp³-hybridized carbons (Fsp3) is 0.533. The number of aliphatic hydroxyl groups is 1. The number of rotatable bonds is 3. The predicted molar refractivity (Wildman–Crippen MR) is 73.2 cm³/mol. The Morgan fingerprint density at radius 1 is 1.35 bits per heavy atom. The average molecular weight is 277 g/mol. The van der Waals surface area contributed by atoms with E-state index in [0.29, 0.717) is 43.4 Å². The van der Waals surface area contributed by atoms with Gasteiger partial charge in [-0.1, -0.05) is 19.4 Å². The van der Waals surface area contributed by atoms with Gasteiger partial charge in [-0.05, 0) is 18.6 Å². The summed E-state index contributed by atoms with van der Waals surface area (Å²) in [7, 11) is 0. The Balaban J connectivity index is 1.76. The molecule has 1 fully saturated rings. The van der Waals surface area contributed by atoms with Crippen LogP contribution in [0.3, 0.4) is 0 Å². The standard InChI is InChI=1S/C15H19NO4/c1-2-6-15(18)9-16(10-15)14(17)11-4-3-5-12-13(11)20-8-7-19-12/h3-5,18H,2,6-10H2,1H3. The van der Waals surface area contributed by atoms with Gasteiger partial charge in [0.05, 0.1) is 24.3 Å². The van der Waals surface area contributed by atoms with Crippen LogP contribution in [0.25, 0.3) is 0 Å². The molecule has 0 atom stereocenters. The zero-order valence-electron chi connectivity index (χ0n) is 11.6. The third kappa shape index (κ3) is 2.22. The third-order valence-corrected chi connectivity index (χ3v) is 3.77. The van der Waals surface area contributed by atoms with Crippen LogP contribution in [0.15, 0.2) is 18.2 Å². The van der Waals surface area contributed by atoms with Gasteiger partial charge < -0.3 is 19.5 Å². The van der Waals surface area contributed by atoms with Crippen molar-refractivity contribution in [2.24, 2.45) is 0 Å². The van der Waals surface area contributed by atoms with Gasteiger partial charge in [0.2, 0.25) is 0 Å². The van der Waals surface area contributed by atoms with E-state index in [9.17, 15) is 9.90 Å². The number of hydrogen-bond donors (Lipinski definition) is 1. The highest BCUT2D eigenvalue weighted by Gasteiger charge is 2.43. The van der Waals surface area contributed by atoms with Crippen LogP contribution < -0.4 is 9.47 Å².